The molecule has 0 radical (unpaired) electrons. The number of para-hydroxylation sites is 1. The van der Waals surface area contributed by atoms with E-state index in [0.717, 1.165) is 36.6 Å². The van der Waals surface area contributed by atoms with Gasteiger partial charge in [-0.05, 0) is 49.4 Å². The number of carbonyl (C=O) groups excluding carboxylic acids is 2. The Bertz CT molecular complexity index is 912. The zero-order chi connectivity index (χ0) is 22.3. The molecule has 7 heteroatoms. The highest BCUT2D eigenvalue weighted by molar-refractivity contribution is 5.92. The van der Waals surface area contributed by atoms with Gasteiger partial charge in [0.15, 0.2) is 0 Å². The number of amides is 3. The van der Waals surface area contributed by atoms with Crippen LogP contribution in [-0.4, -0.2) is 56.7 Å². The van der Waals surface area contributed by atoms with Gasteiger partial charge in [-0.15, -0.1) is 0 Å². The number of rotatable bonds is 6. The molecule has 1 unspecified atom stereocenters. The van der Waals surface area contributed by atoms with E-state index in [1.165, 1.54) is 0 Å². The summed E-state index contributed by atoms with van der Waals surface area (Å²) in [6, 6.07) is 17.6. The minimum Gasteiger partial charge on any atom is -0.497 e. The molecule has 0 aromatic heterocycles. The maximum atomic E-state index is 12.6. The van der Waals surface area contributed by atoms with Crippen molar-refractivity contribution in [1.29, 1.82) is 0 Å². The fourth-order valence-corrected chi connectivity index (χ4v) is 4.49. The first kappa shape index (κ1) is 22.0. The van der Waals surface area contributed by atoms with Gasteiger partial charge in [-0.25, -0.2) is 4.79 Å². The van der Waals surface area contributed by atoms with Gasteiger partial charge in [0.2, 0.25) is 5.91 Å². The van der Waals surface area contributed by atoms with Gasteiger partial charge in [0.1, 0.15) is 5.75 Å². The normalized spacial score (nSPS) is 19.0. The maximum Gasteiger partial charge on any atom is 0.317 e. The summed E-state index contributed by atoms with van der Waals surface area (Å²) in [4.78, 5) is 29.3. The highest BCUT2D eigenvalue weighted by Gasteiger charge is 2.28. The van der Waals surface area contributed by atoms with Crippen molar-refractivity contribution in [2.45, 2.75) is 19.3 Å². The number of urea groups is 1. The molecule has 2 fully saturated rings. The lowest BCUT2D eigenvalue weighted by atomic mass is 9.96. The van der Waals surface area contributed by atoms with E-state index >= 15 is 0 Å². The topological polar surface area (TPSA) is 73.9 Å². The van der Waals surface area contributed by atoms with Crippen LogP contribution in [-0.2, 0) is 4.79 Å². The fraction of sp³-hybridized carbons (Fsp3) is 0.440. The lowest BCUT2D eigenvalue weighted by Gasteiger charge is -2.31. The first-order valence-corrected chi connectivity index (χ1v) is 11.4. The molecule has 2 aliphatic heterocycles. The van der Waals surface area contributed by atoms with Crippen molar-refractivity contribution in [3.8, 4) is 5.75 Å². The number of nitrogens with one attached hydrogen (secondary N) is 2. The molecule has 4 rings (SSSR count). The van der Waals surface area contributed by atoms with E-state index < -0.39 is 0 Å². The Morgan fingerprint density at radius 2 is 1.78 bits per heavy atom. The van der Waals surface area contributed by atoms with Crippen LogP contribution in [0.1, 0.15) is 19.3 Å². The van der Waals surface area contributed by atoms with Crippen LogP contribution >= 0.6 is 0 Å². The average Bonchev–Trinajstić information content (AvgIpc) is 3.32. The third-order valence-corrected chi connectivity index (χ3v) is 6.44. The standard InChI is InChI=1S/C25H32N4O3/c1-32-23-9-5-8-22(16-23)29-13-10-19(18-29)17-26-25(31)28-14-11-20(12-15-28)24(30)27-21-6-3-2-4-7-21/h2-9,16,19-20H,10-15,17-18H2,1H3,(H,26,31)(H,27,30). The molecular formula is C25H32N4O3. The number of hydrogen-bond donors (Lipinski definition) is 2. The van der Waals surface area contributed by atoms with E-state index in [9.17, 15) is 9.59 Å². The first-order chi connectivity index (χ1) is 15.6. The summed E-state index contributed by atoms with van der Waals surface area (Å²) in [7, 11) is 1.68. The minimum atomic E-state index is -0.0505. The second kappa shape index (κ2) is 10.4. The third-order valence-electron chi connectivity index (χ3n) is 6.44. The summed E-state index contributed by atoms with van der Waals surface area (Å²) in [5.41, 5.74) is 1.98. The number of piperidine rings is 1. The summed E-state index contributed by atoms with van der Waals surface area (Å²) in [6.45, 7) is 3.80. The summed E-state index contributed by atoms with van der Waals surface area (Å²) < 4.78 is 5.33. The third kappa shape index (κ3) is 5.52. The molecule has 2 saturated heterocycles. The number of ether oxygens (including phenoxy) is 1. The Morgan fingerprint density at radius 3 is 2.53 bits per heavy atom. The van der Waals surface area contributed by atoms with E-state index in [0.29, 0.717) is 38.4 Å². The zero-order valence-corrected chi connectivity index (χ0v) is 18.6. The van der Waals surface area contributed by atoms with Crippen LogP contribution in [0.3, 0.4) is 0 Å². The lowest BCUT2D eigenvalue weighted by Crippen LogP contribution is -2.47. The van der Waals surface area contributed by atoms with Crippen molar-refractivity contribution < 1.29 is 14.3 Å². The highest BCUT2D eigenvalue weighted by Crippen LogP contribution is 2.27. The van der Waals surface area contributed by atoms with Crippen LogP contribution in [0.25, 0.3) is 0 Å². The van der Waals surface area contributed by atoms with Crippen LogP contribution in [0.2, 0.25) is 0 Å². The summed E-state index contributed by atoms with van der Waals surface area (Å²) >= 11 is 0. The number of benzene rings is 2. The summed E-state index contributed by atoms with van der Waals surface area (Å²) in [6.07, 6.45) is 2.44. The summed E-state index contributed by atoms with van der Waals surface area (Å²) in [5.74, 6) is 1.28. The molecule has 2 aliphatic rings. The second-order valence-electron chi connectivity index (χ2n) is 8.60. The quantitative estimate of drug-likeness (QED) is 0.726. The number of nitrogens with zero attached hydrogens (tertiary/aromatic N) is 2. The molecule has 170 valence electrons. The maximum absolute atomic E-state index is 12.6. The van der Waals surface area contributed by atoms with Crippen LogP contribution in [0, 0.1) is 11.8 Å². The molecule has 0 aliphatic carbocycles. The van der Waals surface area contributed by atoms with Crippen LogP contribution < -0.4 is 20.3 Å². The van der Waals surface area contributed by atoms with Gasteiger partial charge in [0.25, 0.3) is 0 Å². The lowest BCUT2D eigenvalue weighted by molar-refractivity contribution is -0.121. The van der Waals surface area contributed by atoms with Gasteiger partial charge in [-0.1, -0.05) is 24.3 Å². The predicted octanol–water partition coefficient (Wildman–Crippen LogP) is 3.58. The number of carbonyl (C=O) groups is 2. The molecule has 32 heavy (non-hydrogen) atoms. The van der Waals surface area contributed by atoms with E-state index in [1.807, 2.05) is 47.4 Å². The molecule has 1 atom stereocenters. The largest absolute Gasteiger partial charge is 0.497 e. The highest BCUT2D eigenvalue weighted by atomic mass is 16.5. The van der Waals surface area contributed by atoms with Gasteiger partial charge in [-0.3, -0.25) is 4.79 Å². The van der Waals surface area contributed by atoms with Gasteiger partial charge in [-0.2, -0.15) is 0 Å². The van der Waals surface area contributed by atoms with Crippen molar-refractivity contribution in [1.82, 2.24) is 10.2 Å². The fourth-order valence-electron chi connectivity index (χ4n) is 4.49. The smallest absolute Gasteiger partial charge is 0.317 e. The minimum absolute atomic E-state index is 0.0215. The second-order valence-corrected chi connectivity index (χ2v) is 8.60. The molecule has 2 aromatic carbocycles. The average molecular weight is 437 g/mol. The number of likely N-dealkylation sites (tertiary alicyclic amines) is 1. The molecule has 7 nitrogen and oxygen atoms in total. The Labute approximate surface area is 189 Å². The van der Waals surface area contributed by atoms with Crippen LogP contribution in [0.5, 0.6) is 5.75 Å². The predicted molar refractivity (Wildman–Crippen MR) is 126 cm³/mol. The Balaban J connectivity index is 1.18. The SMILES string of the molecule is COc1cccc(N2CCC(CNC(=O)N3CCC(C(=O)Nc4ccccc4)CC3)C2)c1. The molecule has 2 N–H and O–H groups in total. The molecule has 2 aromatic rings. The Kier molecular flexibility index (Phi) is 7.14. The van der Waals surface area contributed by atoms with E-state index in [1.54, 1.807) is 7.11 Å². The summed E-state index contributed by atoms with van der Waals surface area (Å²) in [5, 5.41) is 6.08. The zero-order valence-electron chi connectivity index (χ0n) is 18.6. The van der Waals surface area contributed by atoms with Crippen LogP contribution in [0.15, 0.2) is 54.6 Å². The molecular weight excluding hydrogens is 404 g/mol. The molecule has 3 amide bonds. The monoisotopic (exact) mass is 436 g/mol. The Morgan fingerprint density at radius 1 is 1.00 bits per heavy atom. The van der Waals surface area contributed by atoms with Gasteiger partial charge < -0.3 is 25.2 Å². The number of anilines is 2. The van der Waals surface area contributed by atoms with Gasteiger partial charge >= 0.3 is 6.03 Å². The van der Waals surface area contributed by atoms with E-state index in [4.69, 9.17) is 4.74 Å². The Hall–Kier alpha value is -3.22. The van der Waals surface area contributed by atoms with Crippen molar-refractivity contribution in [2.75, 3.05) is 50.1 Å². The van der Waals surface area contributed by atoms with Crippen LogP contribution in [0.4, 0.5) is 16.2 Å². The van der Waals surface area contributed by atoms with Crippen molar-refractivity contribution >= 4 is 23.3 Å². The first-order valence-electron chi connectivity index (χ1n) is 11.4. The van der Waals surface area contributed by atoms with E-state index in [2.05, 4.69) is 27.7 Å². The van der Waals surface area contributed by atoms with Crippen molar-refractivity contribution in [2.24, 2.45) is 11.8 Å². The van der Waals surface area contributed by atoms with E-state index in [-0.39, 0.29) is 17.9 Å². The molecule has 2 heterocycles. The number of hydrogen-bond acceptors (Lipinski definition) is 4. The van der Waals surface area contributed by atoms with Gasteiger partial charge in [0.05, 0.1) is 7.11 Å². The number of methoxy groups -OCH3 is 1. The van der Waals surface area contributed by atoms with Gasteiger partial charge in [0, 0.05) is 56.1 Å². The molecule has 0 bridgehead atoms. The van der Waals surface area contributed by atoms with Crippen molar-refractivity contribution in [3.63, 3.8) is 0 Å². The molecule has 0 spiro atoms. The van der Waals surface area contributed by atoms with Crippen molar-refractivity contribution in [3.05, 3.63) is 54.6 Å². The molecule has 0 saturated carbocycles.